The number of aromatic nitrogens is 4. The van der Waals surface area contributed by atoms with E-state index in [0.29, 0.717) is 6.54 Å². The monoisotopic (exact) mass is 342 g/mol. The van der Waals surface area contributed by atoms with E-state index in [2.05, 4.69) is 36.7 Å². The Morgan fingerprint density at radius 3 is 2.95 bits per heavy atom. The van der Waals surface area contributed by atoms with Crippen LogP contribution in [0.4, 0.5) is 4.39 Å². The minimum absolute atomic E-state index is 0.0274. The number of nitrogens with one attached hydrogen (secondary N) is 1. The van der Waals surface area contributed by atoms with Crippen molar-refractivity contribution in [1.29, 1.82) is 0 Å². The average molecular weight is 343 g/mol. The number of rotatable bonds is 5. The van der Waals surface area contributed by atoms with Gasteiger partial charge >= 0.3 is 0 Å². The molecule has 0 radical (unpaired) electrons. The van der Waals surface area contributed by atoms with E-state index in [1.807, 2.05) is 0 Å². The predicted octanol–water partition coefficient (Wildman–Crippen LogP) is 1.15. The van der Waals surface area contributed by atoms with Gasteiger partial charge in [-0.1, -0.05) is 0 Å². The van der Waals surface area contributed by atoms with Crippen LogP contribution in [0.25, 0.3) is 0 Å². The molecule has 0 unspecified atom stereocenters. The van der Waals surface area contributed by atoms with Crippen molar-refractivity contribution in [2.45, 2.75) is 20.0 Å². The quantitative estimate of drug-likeness (QED) is 0.654. The van der Waals surface area contributed by atoms with Crippen LogP contribution in [0.1, 0.15) is 12.5 Å². The molecule has 2 aromatic rings. The highest BCUT2D eigenvalue weighted by atomic mass is 79.9. The van der Waals surface area contributed by atoms with Crippen molar-refractivity contribution < 1.29 is 9.18 Å². The molecule has 0 fully saturated rings. The number of nitrogens with zero attached hydrogens (tertiary/aromatic N) is 5. The number of carbonyl (C=O) groups excluding carboxylic acids is 1. The summed E-state index contributed by atoms with van der Waals surface area (Å²) in [4.78, 5) is 11.5. The third-order valence-electron chi connectivity index (χ3n) is 2.40. The Kier molecular flexibility index (Phi) is 4.61. The van der Waals surface area contributed by atoms with E-state index in [1.54, 1.807) is 19.3 Å². The highest BCUT2D eigenvalue weighted by molar-refractivity contribution is 9.10. The lowest BCUT2D eigenvalue weighted by molar-refractivity contribution is -0.121. The second-order valence-electron chi connectivity index (χ2n) is 3.86. The van der Waals surface area contributed by atoms with E-state index in [0.717, 1.165) is 4.47 Å². The van der Waals surface area contributed by atoms with Gasteiger partial charge in [-0.15, -0.1) is 0 Å². The van der Waals surface area contributed by atoms with Gasteiger partial charge in [-0.2, -0.15) is 19.7 Å². The molecule has 2 heterocycles. The van der Waals surface area contributed by atoms with Crippen LogP contribution in [-0.2, 0) is 17.9 Å². The summed E-state index contributed by atoms with van der Waals surface area (Å²) in [5, 5.41) is 11.4. The van der Waals surface area contributed by atoms with E-state index in [1.165, 1.54) is 21.8 Å². The molecule has 2 rings (SSSR count). The Balaban J connectivity index is 1.89. The van der Waals surface area contributed by atoms with Gasteiger partial charge in [-0.25, -0.2) is 10.1 Å². The van der Waals surface area contributed by atoms with E-state index in [9.17, 15) is 9.18 Å². The van der Waals surface area contributed by atoms with Gasteiger partial charge in [0.2, 0.25) is 5.95 Å². The van der Waals surface area contributed by atoms with Crippen LogP contribution >= 0.6 is 15.9 Å². The zero-order chi connectivity index (χ0) is 14.5. The number of hydrogen-bond donors (Lipinski definition) is 1. The van der Waals surface area contributed by atoms with Crippen molar-refractivity contribution in [1.82, 2.24) is 25.0 Å². The first kappa shape index (κ1) is 14.4. The van der Waals surface area contributed by atoms with Gasteiger partial charge in [0.25, 0.3) is 5.91 Å². The topological polar surface area (TPSA) is 77.1 Å². The molecule has 0 aliphatic heterocycles. The normalized spacial score (nSPS) is 11.2. The Labute approximate surface area is 122 Å². The van der Waals surface area contributed by atoms with Crippen molar-refractivity contribution in [2.75, 3.05) is 0 Å². The molecule has 0 bridgehead atoms. The van der Waals surface area contributed by atoms with Gasteiger partial charge in [0.15, 0.2) is 0 Å². The number of carbonyl (C=O) groups is 1. The Bertz CT molecular complexity index is 635. The summed E-state index contributed by atoms with van der Waals surface area (Å²) >= 11 is 3.23. The molecule has 0 spiro atoms. The van der Waals surface area contributed by atoms with Crippen LogP contribution in [0.3, 0.4) is 0 Å². The van der Waals surface area contributed by atoms with E-state index >= 15 is 0 Å². The number of halogens is 2. The summed E-state index contributed by atoms with van der Waals surface area (Å²) in [6.45, 7) is 2.24. The van der Waals surface area contributed by atoms with E-state index < -0.39 is 5.95 Å². The van der Waals surface area contributed by atoms with Crippen molar-refractivity contribution in [2.24, 2.45) is 5.10 Å². The lowest BCUT2D eigenvalue weighted by Gasteiger charge is -1.99. The third-order valence-corrected chi connectivity index (χ3v) is 2.81. The second kappa shape index (κ2) is 6.42. The molecule has 2 aromatic heterocycles. The van der Waals surface area contributed by atoms with Crippen LogP contribution in [0.15, 0.2) is 28.2 Å². The fourth-order valence-corrected chi connectivity index (χ4v) is 1.80. The molecule has 0 saturated heterocycles. The maximum Gasteiger partial charge on any atom is 0.261 e. The molecular formula is C11H12BrFN6O. The number of hydrazone groups is 1. The summed E-state index contributed by atoms with van der Waals surface area (Å²) in [5.41, 5.74) is 2.51. The minimum Gasteiger partial charge on any atom is -0.271 e. The van der Waals surface area contributed by atoms with Crippen LogP contribution in [0.5, 0.6) is 0 Å². The fraction of sp³-hybridized carbons (Fsp3) is 0.273. The van der Waals surface area contributed by atoms with Gasteiger partial charge < -0.3 is 0 Å². The lowest BCUT2D eigenvalue weighted by atomic mass is 10.4. The number of hydrogen-bond acceptors (Lipinski definition) is 4. The van der Waals surface area contributed by atoms with Crippen molar-refractivity contribution in [3.8, 4) is 0 Å². The van der Waals surface area contributed by atoms with Gasteiger partial charge in [0, 0.05) is 12.7 Å². The lowest BCUT2D eigenvalue weighted by Crippen LogP contribution is -2.23. The second-order valence-corrected chi connectivity index (χ2v) is 4.77. The Hall–Kier alpha value is -2.03. The van der Waals surface area contributed by atoms with Gasteiger partial charge in [-0.3, -0.25) is 9.48 Å². The van der Waals surface area contributed by atoms with E-state index in [-0.39, 0.29) is 18.0 Å². The molecule has 1 N–H and O–H groups in total. The first-order valence-electron chi connectivity index (χ1n) is 5.81. The molecule has 7 nitrogen and oxygen atoms in total. The van der Waals surface area contributed by atoms with Crippen LogP contribution in [-0.4, -0.2) is 31.7 Å². The van der Waals surface area contributed by atoms with Gasteiger partial charge in [-0.05, 0) is 22.9 Å². The SMILES string of the molecule is CCn1ncc(/C=N\NC(=O)Cn2cc(Br)cn2)c1F. The summed E-state index contributed by atoms with van der Waals surface area (Å²) in [6, 6.07) is 0. The predicted molar refractivity (Wildman–Crippen MR) is 73.5 cm³/mol. The number of aryl methyl sites for hydroxylation is 1. The molecular weight excluding hydrogens is 331 g/mol. The highest BCUT2D eigenvalue weighted by Crippen LogP contribution is 2.05. The third kappa shape index (κ3) is 3.50. The van der Waals surface area contributed by atoms with Crippen LogP contribution < -0.4 is 5.43 Å². The standard InChI is InChI=1S/C11H12BrFN6O/c1-2-19-11(13)8(4-16-19)3-14-17-10(20)7-18-6-9(12)5-15-18/h3-6H,2,7H2,1H3,(H,17,20)/b14-3-. The average Bonchev–Trinajstić information content (AvgIpc) is 2.97. The molecule has 20 heavy (non-hydrogen) atoms. The summed E-state index contributed by atoms with van der Waals surface area (Å²) in [5.74, 6) is -0.846. The maximum absolute atomic E-state index is 13.6. The zero-order valence-corrected chi connectivity index (χ0v) is 12.2. The molecule has 9 heteroatoms. The van der Waals surface area contributed by atoms with Crippen LogP contribution in [0, 0.1) is 5.95 Å². The molecule has 1 amide bonds. The molecule has 0 aromatic carbocycles. The zero-order valence-electron chi connectivity index (χ0n) is 10.6. The smallest absolute Gasteiger partial charge is 0.261 e. The van der Waals surface area contributed by atoms with Gasteiger partial charge in [0.1, 0.15) is 6.54 Å². The van der Waals surface area contributed by atoms with Crippen molar-refractivity contribution in [3.63, 3.8) is 0 Å². The van der Waals surface area contributed by atoms with Crippen molar-refractivity contribution in [3.05, 3.63) is 34.6 Å². The van der Waals surface area contributed by atoms with E-state index in [4.69, 9.17) is 0 Å². The minimum atomic E-state index is -0.485. The Morgan fingerprint density at radius 2 is 2.35 bits per heavy atom. The first-order chi connectivity index (χ1) is 9.60. The number of amides is 1. The summed E-state index contributed by atoms with van der Waals surface area (Å²) in [6.07, 6.45) is 5.80. The van der Waals surface area contributed by atoms with Gasteiger partial charge in [0.05, 0.1) is 28.6 Å². The fourth-order valence-electron chi connectivity index (χ4n) is 1.47. The molecule has 0 saturated carbocycles. The molecule has 0 aliphatic rings. The Morgan fingerprint density at radius 1 is 1.55 bits per heavy atom. The van der Waals surface area contributed by atoms with Crippen molar-refractivity contribution >= 4 is 28.1 Å². The maximum atomic E-state index is 13.6. The summed E-state index contributed by atoms with van der Waals surface area (Å²) in [7, 11) is 0. The largest absolute Gasteiger partial charge is 0.271 e. The molecule has 106 valence electrons. The van der Waals surface area contributed by atoms with Crippen LogP contribution in [0.2, 0.25) is 0 Å². The molecule has 0 aliphatic carbocycles. The summed E-state index contributed by atoms with van der Waals surface area (Å²) < 4.78 is 17.0. The molecule has 0 atom stereocenters. The first-order valence-corrected chi connectivity index (χ1v) is 6.60. The highest BCUT2D eigenvalue weighted by Gasteiger charge is 2.07.